The van der Waals surface area contributed by atoms with Crippen LogP contribution in [0.1, 0.15) is 6.42 Å². The number of amides is 1. The smallest absolute Gasteiger partial charge is 0.296 e. The number of hydrogen-bond acceptors (Lipinski definition) is 4. The summed E-state index contributed by atoms with van der Waals surface area (Å²) in [6, 6.07) is 3.98. The van der Waals surface area contributed by atoms with E-state index in [1.165, 1.54) is 23.1 Å². The lowest BCUT2D eigenvalue weighted by Crippen LogP contribution is -2.25. The minimum absolute atomic E-state index is 0.0237. The number of aromatic hydroxyl groups is 1. The second-order valence-corrected chi connectivity index (χ2v) is 5.00. The van der Waals surface area contributed by atoms with Gasteiger partial charge >= 0.3 is 0 Å². The Labute approximate surface area is 105 Å². The fraction of sp³-hybridized carbons (Fsp3) is 0.300. The molecule has 1 saturated heterocycles. The molecule has 1 N–H and O–H groups in total. The first-order chi connectivity index (χ1) is 8.00. The molecular formula is C10H9BrN2O4. The molecule has 0 saturated carbocycles. The van der Waals surface area contributed by atoms with Gasteiger partial charge in [0.1, 0.15) is 5.75 Å². The van der Waals surface area contributed by atoms with Crippen molar-refractivity contribution in [2.45, 2.75) is 11.2 Å². The minimum atomic E-state index is -0.607. The number of alkyl halides is 1. The Balaban J connectivity index is 2.51. The van der Waals surface area contributed by atoms with Crippen LogP contribution in [0, 0.1) is 10.1 Å². The maximum absolute atomic E-state index is 11.7. The van der Waals surface area contributed by atoms with Crippen LogP contribution in [0.5, 0.6) is 5.75 Å². The average molecular weight is 301 g/mol. The highest BCUT2D eigenvalue weighted by molar-refractivity contribution is 9.09. The number of anilines is 1. The maximum Gasteiger partial charge on any atom is 0.296 e. The third kappa shape index (κ3) is 2.10. The quantitative estimate of drug-likeness (QED) is 0.513. The molecule has 6 nitrogen and oxygen atoms in total. The van der Waals surface area contributed by atoms with Gasteiger partial charge in [-0.25, -0.2) is 0 Å². The highest BCUT2D eigenvalue weighted by Gasteiger charge is 2.34. The summed E-state index contributed by atoms with van der Waals surface area (Å²) < 4.78 is 0. The Morgan fingerprint density at radius 3 is 2.76 bits per heavy atom. The molecule has 1 aliphatic heterocycles. The number of rotatable bonds is 2. The lowest BCUT2D eigenvalue weighted by Gasteiger charge is -2.16. The average Bonchev–Trinajstić information content (AvgIpc) is 2.57. The standard InChI is InChI=1S/C10H9BrN2O4/c11-6-4-9(15)12(5-6)10-7(13(16)17)2-1-3-8(10)14/h1-3,6,14H,4-5H2. The molecule has 0 aromatic heterocycles. The van der Waals surface area contributed by atoms with Crippen LogP contribution in [0.4, 0.5) is 11.4 Å². The number of phenolic OH excluding ortho intramolecular Hbond substituents is 1. The highest BCUT2D eigenvalue weighted by atomic mass is 79.9. The van der Waals surface area contributed by atoms with E-state index in [0.717, 1.165) is 0 Å². The maximum atomic E-state index is 11.7. The van der Waals surface area contributed by atoms with Gasteiger partial charge in [0.25, 0.3) is 5.69 Å². The second kappa shape index (κ2) is 4.33. The van der Waals surface area contributed by atoms with Gasteiger partial charge in [-0.2, -0.15) is 0 Å². The number of nitro groups is 1. The van der Waals surface area contributed by atoms with Gasteiger partial charge in [0.2, 0.25) is 5.91 Å². The fourth-order valence-electron chi connectivity index (χ4n) is 1.82. The van der Waals surface area contributed by atoms with Gasteiger partial charge in [-0.15, -0.1) is 0 Å². The minimum Gasteiger partial charge on any atom is -0.505 e. The van der Waals surface area contributed by atoms with Crippen molar-refractivity contribution >= 4 is 33.2 Å². The first-order valence-corrected chi connectivity index (χ1v) is 5.83. The molecule has 1 atom stereocenters. The molecule has 0 radical (unpaired) electrons. The molecule has 1 aromatic rings. The van der Waals surface area contributed by atoms with Crippen LogP contribution in [0.3, 0.4) is 0 Å². The molecule has 2 rings (SSSR count). The molecular weight excluding hydrogens is 292 g/mol. The lowest BCUT2D eigenvalue weighted by molar-refractivity contribution is -0.384. The molecule has 90 valence electrons. The number of carbonyl (C=O) groups excluding carboxylic acids is 1. The van der Waals surface area contributed by atoms with E-state index in [1.54, 1.807) is 0 Å². The van der Waals surface area contributed by atoms with Crippen LogP contribution in [0.2, 0.25) is 0 Å². The van der Waals surface area contributed by atoms with E-state index < -0.39 is 4.92 Å². The van der Waals surface area contributed by atoms with Crippen LogP contribution in [0.25, 0.3) is 0 Å². The summed E-state index contributed by atoms with van der Waals surface area (Å²) >= 11 is 3.29. The Bertz CT molecular complexity index is 491. The zero-order valence-electron chi connectivity index (χ0n) is 8.67. The number of benzene rings is 1. The van der Waals surface area contributed by atoms with E-state index in [-0.39, 0.29) is 34.3 Å². The predicted octanol–water partition coefficient (Wildman–Crippen LogP) is 1.80. The van der Waals surface area contributed by atoms with Crippen molar-refractivity contribution in [2.24, 2.45) is 0 Å². The largest absolute Gasteiger partial charge is 0.505 e. The highest BCUT2D eigenvalue weighted by Crippen LogP contribution is 2.39. The number of nitrogens with zero attached hydrogens (tertiary/aromatic N) is 2. The Morgan fingerprint density at radius 1 is 1.53 bits per heavy atom. The van der Waals surface area contributed by atoms with E-state index in [2.05, 4.69) is 15.9 Å². The number of carbonyl (C=O) groups is 1. The molecule has 1 heterocycles. The fourth-order valence-corrected chi connectivity index (χ4v) is 2.39. The molecule has 0 bridgehead atoms. The molecule has 1 unspecified atom stereocenters. The number of para-hydroxylation sites is 1. The van der Waals surface area contributed by atoms with Crippen LogP contribution in [-0.2, 0) is 4.79 Å². The third-order valence-corrected chi connectivity index (χ3v) is 3.15. The Hall–Kier alpha value is -1.63. The summed E-state index contributed by atoms with van der Waals surface area (Å²) in [5, 5.41) is 20.6. The van der Waals surface area contributed by atoms with Gasteiger partial charge in [-0.05, 0) is 6.07 Å². The zero-order chi connectivity index (χ0) is 12.6. The van der Waals surface area contributed by atoms with Gasteiger partial charge in [0.05, 0.1) is 4.92 Å². The molecule has 7 heteroatoms. The molecule has 1 aliphatic rings. The van der Waals surface area contributed by atoms with Crippen LogP contribution in [0.15, 0.2) is 18.2 Å². The van der Waals surface area contributed by atoms with E-state index in [9.17, 15) is 20.0 Å². The van der Waals surface area contributed by atoms with Crippen LogP contribution in [-0.4, -0.2) is 27.3 Å². The number of halogens is 1. The monoisotopic (exact) mass is 300 g/mol. The summed E-state index contributed by atoms with van der Waals surface area (Å²) in [6.45, 7) is 0.317. The summed E-state index contributed by atoms with van der Waals surface area (Å²) in [5.74, 6) is -0.495. The van der Waals surface area contributed by atoms with Gasteiger partial charge < -0.3 is 10.0 Å². The molecule has 0 aliphatic carbocycles. The van der Waals surface area contributed by atoms with Crippen molar-refractivity contribution in [3.8, 4) is 5.75 Å². The van der Waals surface area contributed by atoms with E-state index in [1.807, 2.05) is 0 Å². The van der Waals surface area contributed by atoms with Gasteiger partial charge in [-0.1, -0.05) is 22.0 Å². The van der Waals surface area contributed by atoms with Crippen molar-refractivity contribution < 1.29 is 14.8 Å². The second-order valence-electron chi connectivity index (χ2n) is 3.71. The SMILES string of the molecule is O=C1CC(Br)CN1c1c(O)cccc1[N+](=O)[O-]. The Kier molecular flexibility index (Phi) is 3.01. The molecule has 0 spiro atoms. The lowest BCUT2D eigenvalue weighted by atomic mass is 10.2. The first-order valence-electron chi connectivity index (χ1n) is 4.91. The van der Waals surface area contributed by atoms with Gasteiger partial charge in [0, 0.05) is 23.9 Å². The first kappa shape index (κ1) is 11.8. The number of hydrogen-bond donors (Lipinski definition) is 1. The molecule has 1 aromatic carbocycles. The van der Waals surface area contributed by atoms with E-state index in [0.29, 0.717) is 6.54 Å². The normalized spacial score (nSPS) is 19.7. The van der Waals surface area contributed by atoms with Gasteiger partial charge in [0.15, 0.2) is 5.69 Å². The van der Waals surface area contributed by atoms with Crippen molar-refractivity contribution in [3.05, 3.63) is 28.3 Å². The Morgan fingerprint density at radius 2 is 2.24 bits per heavy atom. The van der Waals surface area contributed by atoms with Crippen LogP contribution < -0.4 is 4.90 Å². The zero-order valence-corrected chi connectivity index (χ0v) is 10.3. The third-order valence-electron chi connectivity index (χ3n) is 2.54. The number of nitro benzene ring substituents is 1. The van der Waals surface area contributed by atoms with Crippen molar-refractivity contribution in [3.63, 3.8) is 0 Å². The van der Waals surface area contributed by atoms with Crippen molar-refractivity contribution in [1.29, 1.82) is 0 Å². The van der Waals surface area contributed by atoms with Crippen molar-refractivity contribution in [2.75, 3.05) is 11.4 Å². The van der Waals surface area contributed by atoms with E-state index >= 15 is 0 Å². The summed E-state index contributed by atoms with van der Waals surface area (Å²) in [4.78, 5) is 23.1. The van der Waals surface area contributed by atoms with Gasteiger partial charge in [-0.3, -0.25) is 14.9 Å². The molecule has 1 fully saturated rings. The predicted molar refractivity (Wildman–Crippen MR) is 64.4 cm³/mol. The molecule has 17 heavy (non-hydrogen) atoms. The summed E-state index contributed by atoms with van der Waals surface area (Å²) in [6.07, 6.45) is 0.269. The summed E-state index contributed by atoms with van der Waals surface area (Å²) in [7, 11) is 0. The van der Waals surface area contributed by atoms with E-state index in [4.69, 9.17) is 0 Å². The molecule has 1 amide bonds. The van der Waals surface area contributed by atoms with Crippen LogP contribution >= 0.6 is 15.9 Å². The number of phenols is 1. The summed E-state index contributed by atoms with van der Waals surface area (Å²) in [5.41, 5.74) is -0.288. The van der Waals surface area contributed by atoms with Crippen molar-refractivity contribution in [1.82, 2.24) is 0 Å². The topological polar surface area (TPSA) is 83.7 Å².